The lowest BCUT2D eigenvalue weighted by atomic mass is 9.93. The molecule has 0 radical (unpaired) electrons. The molecular weight excluding hydrogens is 342 g/mol. The van der Waals surface area contributed by atoms with Crippen LogP contribution in [0.2, 0.25) is 0 Å². The van der Waals surface area contributed by atoms with Crippen LogP contribution in [0, 0.1) is 0 Å². The van der Waals surface area contributed by atoms with Crippen LogP contribution in [0.25, 0.3) is 10.9 Å². The fourth-order valence-corrected chi connectivity index (χ4v) is 3.22. The van der Waals surface area contributed by atoms with Gasteiger partial charge in [-0.1, -0.05) is 18.2 Å². The maximum absolute atomic E-state index is 12.4. The van der Waals surface area contributed by atoms with Gasteiger partial charge in [0.25, 0.3) is 5.91 Å². The number of ether oxygens (including phenoxy) is 1. The molecule has 1 aromatic heterocycles. The van der Waals surface area contributed by atoms with E-state index in [1.807, 2.05) is 30.3 Å². The van der Waals surface area contributed by atoms with Crippen LogP contribution in [0.15, 0.2) is 60.8 Å². The highest BCUT2D eigenvalue weighted by Crippen LogP contribution is 2.29. The number of aliphatic hydroxyl groups is 1. The maximum Gasteiger partial charge on any atom is 0.257 e. The van der Waals surface area contributed by atoms with Gasteiger partial charge in [-0.15, -0.1) is 0 Å². The van der Waals surface area contributed by atoms with Crippen molar-refractivity contribution in [3.8, 4) is 11.5 Å². The second kappa shape index (κ2) is 7.34. The van der Waals surface area contributed by atoms with Crippen molar-refractivity contribution >= 4 is 22.5 Å². The van der Waals surface area contributed by atoms with Gasteiger partial charge in [-0.2, -0.15) is 0 Å². The minimum absolute atomic E-state index is 0.272. The van der Waals surface area contributed by atoms with Crippen LogP contribution >= 0.6 is 0 Å². The number of pyridine rings is 1. The molecule has 138 valence electrons. The van der Waals surface area contributed by atoms with E-state index >= 15 is 0 Å². The Morgan fingerprint density at radius 2 is 1.96 bits per heavy atom. The van der Waals surface area contributed by atoms with Crippen LogP contribution in [0.3, 0.4) is 0 Å². The van der Waals surface area contributed by atoms with E-state index in [9.17, 15) is 9.90 Å². The van der Waals surface area contributed by atoms with Crippen LogP contribution in [0.4, 0.5) is 5.69 Å². The molecule has 0 spiro atoms. The molecule has 1 saturated heterocycles. The number of β-amino-alcohol motifs (C(OH)–C–C–N with tert-alkyl or cyclic N) is 1. The smallest absolute Gasteiger partial charge is 0.257 e. The molecule has 0 saturated carbocycles. The molecule has 1 amide bonds. The van der Waals surface area contributed by atoms with Crippen LogP contribution in [0.1, 0.15) is 12.8 Å². The molecule has 1 fully saturated rings. The summed E-state index contributed by atoms with van der Waals surface area (Å²) in [6, 6.07) is 16.7. The van der Waals surface area contributed by atoms with Crippen LogP contribution in [0.5, 0.6) is 11.5 Å². The molecule has 1 atom stereocenters. The van der Waals surface area contributed by atoms with Crippen LogP contribution in [-0.4, -0.2) is 34.7 Å². The zero-order valence-corrected chi connectivity index (χ0v) is 14.8. The Hall–Kier alpha value is -2.96. The number of aromatic nitrogens is 1. The average molecular weight is 363 g/mol. The van der Waals surface area contributed by atoms with Gasteiger partial charge in [0.1, 0.15) is 11.3 Å². The number of hydrogen-bond acceptors (Lipinski definition) is 5. The molecular formula is C21H21N3O3. The lowest BCUT2D eigenvalue weighted by Crippen LogP contribution is -2.53. The number of para-hydroxylation sites is 1. The fourth-order valence-electron chi connectivity index (χ4n) is 3.22. The monoisotopic (exact) mass is 363 g/mol. The summed E-state index contributed by atoms with van der Waals surface area (Å²) in [4.78, 5) is 16.7. The third-order valence-corrected chi connectivity index (χ3v) is 4.72. The van der Waals surface area contributed by atoms with Crippen molar-refractivity contribution in [2.45, 2.75) is 18.4 Å². The van der Waals surface area contributed by atoms with E-state index in [0.29, 0.717) is 23.6 Å². The predicted octanol–water partition coefficient (Wildman–Crippen LogP) is 3.08. The molecule has 0 aliphatic carbocycles. The van der Waals surface area contributed by atoms with Crippen molar-refractivity contribution in [2.75, 3.05) is 18.4 Å². The minimum atomic E-state index is -1.36. The molecule has 27 heavy (non-hydrogen) atoms. The number of piperidine rings is 1. The van der Waals surface area contributed by atoms with Gasteiger partial charge in [-0.25, -0.2) is 0 Å². The molecule has 3 N–H and O–H groups in total. The van der Waals surface area contributed by atoms with Crippen molar-refractivity contribution in [2.24, 2.45) is 0 Å². The van der Waals surface area contributed by atoms with Crippen molar-refractivity contribution in [3.63, 3.8) is 0 Å². The number of hydrogen-bond donors (Lipinski definition) is 3. The van der Waals surface area contributed by atoms with Gasteiger partial charge >= 0.3 is 0 Å². The Bertz CT molecular complexity index is 945. The lowest BCUT2D eigenvalue weighted by Gasteiger charge is -2.31. The Balaban J connectivity index is 1.47. The number of nitrogens with one attached hydrogen (secondary N) is 2. The molecule has 1 unspecified atom stereocenters. The standard InChI is InChI=1S/C21H21N3O3/c25-20(21(26)11-3-12-22-14-21)24-16-7-9-17(10-8-16)27-18-6-1-4-15-5-2-13-23-19(15)18/h1-2,4-10,13,22,26H,3,11-12,14H2,(H,24,25). The zero-order chi connectivity index (χ0) is 18.7. The summed E-state index contributed by atoms with van der Waals surface area (Å²) in [5.74, 6) is 0.929. The van der Waals surface area contributed by atoms with Gasteiger partial charge in [-0.3, -0.25) is 9.78 Å². The Kier molecular flexibility index (Phi) is 4.75. The van der Waals surface area contributed by atoms with E-state index in [0.717, 1.165) is 23.9 Å². The van der Waals surface area contributed by atoms with Gasteiger partial charge in [0, 0.05) is 23.8 Å². The highest BCUT2D eigenvalue weighted by Gasteiger charge is 2.37. The van der Waals surface area contributed by atoms with E-state index in [2.05, 4.69) is 15.6 Å². The van der Waals surface area contributed by atoms with E-state index in [4.69, 9.17) is 4.74 Å². The predicted molar refractivity (Wildman–Crippen MR) is 104 cm³/mol. The minimum Gasteiger partial charge on any atom is -0.455 e. The first-order chi connectivity index (χ1) is 13.1. The van der Waals surface area contributed by atoms with Gasteiger partial charge in [0.05, 0.1) is 0 Å². The Morgan fingerprint density at radius 1 is 1.15 bits per heavy atom. The van der Waals surface area contributed by atoms with E-state index in [-0.39, 0.29) is 12.5 Å². The quantitative estimate of drug-likeness (QED) is 0.663. The van der Waals surface area contributed by atoms with Gasteiger partial charge in [-0.05, 0) is 55.8 Å². The highest BCUT2D eigenvalue weighted by atomic mass is 16.5. The van der Waals surface area contributed by atoms with Crippen molar-refractivity contribution in [1.29, 1.82) is 0 Å². The van der Waals surface area contributed by atoms with Gasteiger partial charge < -0.3 is 20.5 Å². The summed E-state index contributed by atoms with van der Waals surface area (Å²) >= 11 is 0. The molecule has 3 aromatic rings. The average Bonchev–Trinajstić information content (AvgIpc) is 2.70. The number of anilines is 1. The summed E-state index contributed by atoms with van der Waals surface area (Å²) in [7, 11) is 0. The largest absolute Gasteiger partial charge is 0.455 e. The molecule has 6 heteroatoms. The molecule has 0 bridgehead atoms. The summed E-state index contributed by atoms with van der Waals surface area (Å²) in [6.07, 6.45) is 2.97. The third kappa shape index (κ3) is 3.77. The Labute approximate surface area is 157 Å². The second-order valence-electron chi connectivity index (χ2n) is 6.72. The first kappa shape index (κ1) is 17.5. The SMILES string of the molecule is O=C(Nc1ccc(Oc2cccc3cccnc23)cc1)C1(O)CCCNC1. The molecule has 1 aliphatic rings. The molecule has 2 heterocycles. The van der Waals surface area contributed by atoms with E-state index < -0.39 is 5.60 Å². The molecule has 4 rings (SSSR count). The highest BCUT2D eigenvalue weighted by molar-refractivity contribution is 5.97. The number of carbonyl (C=O) groups excluding carboxylic acids is 1. The fraction of sp³-hybridized carbons (Fsp3) is 0.238. The summed E-state index contributed by atoms with van der Waals surface area (Å²) < 4.78 is 5.95. The maximum atomic E-state index is 12.4. The van der Waals surface area contributed by atoms with E-state index in [1.54, 1.807) is 30.5 Å². The normalized spacial score (nSPS) is 19.6. The summed E-state index contributed by atoms with van der Waals surface area (Å²) in [5, 5.41) is 17.3. The number of benzene rings is 2. The summed E-state index contributed by atoms with van der Waals surface area (Å²) in [6.45, 7) is 1.10. The van der Waals surface area contributed by atoms with Gasteiger partial charge in [0.15, 0.2) is 11.4 Å². The number of carbonyl (C=O) groups is 1. The molecule has 6 nitrogen and oxygen atoms in total. The first-order valence-corrected chi connectivity index (χ1v) is 9.00. The zero-order valence-electron chi connectivity index (χ0n) is 14.8. The van der Waals surface area contributed by atoms with E-state index in [1.165, 1.54) is 0 Å². The number of amides is 1. The number of fused-ring (bicyclic) bond motifs is 1. The molecule has 1 aliphatic heterocycles. The topological polar surface area (TPSA) is 83.5 Å². The van der Waals surface area contributed by atoms with Crippen LogP contribution < -0.4 is 15.4 Å². The lowest BCUT2D eigenvalue weighted by molar-refractivity contribution is -0.135. The second-order valence-corrected chi connectivity index (χ2v) is 6.72. The van der Waals surface area contributed by atoms with Gasteiger partial charge in [0.2, 0.25) is 0 Å². The van der Waals surface area contributed by atoms with Crippen molar-refractivity contribution in [1.82, 2.24) is 10.3 Å². The molecule has 2 aromatic carbocycles. The first-order valence-electron chi connectivity index (χ1n) is 9.00. The number of rotatable bonds is 4. The third-order valence-electron chi connectivity index (χ3n) is 4.72. The van der Waals surface area contributed by atoms with Crippen molar-refractivity contribution < 1.29 is 14.6 Å². The van der Waals surface area contributed by atoms with Crippen LogP contribution in [-0.2, 0) is 4.79 Å². The summed E-state index contributed by atoms with van der Waals surface area (Å²) in [5.41, 5.74) is 0.0500. The van der Waals surface area contributed by atoms with Crippen molar-refractivity contribution in [3.05, 3.63) is 60.8 Å². The Morgan fingerprint density at radius 3 is 2.74 bits per heavy atom. The number of nitrogens with zero attached hydrogens (tertiary/aromatic N) is 1.